The highest BCUT2D eigenvalue weighted by Crippen LogP contribution is 2.31. The lowest BCUT2D eigenvalue weighted by Gasteiger charge is -2.22. The number of hydrazone groups is 1. The van der Waals surface area contributed by atoms with E-state index in [1.807, 2.05) is 18.2 Å². The molecule has 0 aromatic heterocycles. The molecular weight excluding hydrogens is 246 g/mol. The van der Waals surface area contributed by atoms with E-state index in [9.17, 15) is 0 Å². The van der Waals surface area contributed by atoms with Crippen LogP contribution in [-0.4, -0.2) is 18.4 Å². The first kappa shape index (κ1) is 14.4. The summed E-state index contributed by atoms with van der Waals surface area (Å²) in [5.74, 6) is 0.877. The van der Waals surface area contributed by atoms with E-state index < -0.39 is 0 Å². The Kier molecular flexibility index (Phi) is 4.67. The third kappa shape index (κ3) is 4.00. The number of ether oxygens (including phenoxy) is 1. The van der Waals surface area contributed by atoms with E-state index in [1.54, 1.807) is 13.3 Å². The smallest absolute Gasteiger partial charge is 0.184 e. The lowest BCUT2D eigenvalue weighted by atomic mass is 9.85. The van der Waals surface area contributed by atoms with Crippen LogP contribution in [0.5, 0.6) is 5.75 Å². The van der Waals surface area contributed by atoms with Gasteiger partial charge in [-0.25, -0.2) is 0 Å². The molecular formula is C13H19N3OS. The molecule has 0 spiro atoms. The van der Waals surface area contributed by atoms with Crippen molar-refractivity contribution >= 4 is 23.5 Å². The Labute approximate surface area is 113 Å². The van der Waals surface area contributed by atoms with Gasteiger partial charge in [0.25, 0.3) is 0 Å². The quantitative estimate of drug-likeness (QED) is 0.499. The number of benzene rings is 1. The van der Waals surface area contributed by atoms with Crippen LogP contribution in [0.25, 0.3) is 0 Å². The predicted molar refractivity (Wildman–Crippen MR) is 79.2 cm³/mol. The number of nitrogens with two attached hydrogens (primary N) is 1. The van der Waals surface area contributed by atoms with Crippen LogP contribution >= 0.6 is 12.2 Å². The molecule has 0 saturated heterocycles. The Morgan fingerprint density at radius 2 is 2.11 bits per heavy atom. The molecule has 0 fully saturated rings. The summed E-state index contributed by atoms with van der Waals surface area (Å²) < 4.78 is 5.37. The monoisotopic (exact) mass is 265 g/mol. The molecule has 18 heavy (non-hydrogen) atoms. The number of hydrogen-bond acceptors (Lipinski definition) is 3. The summed E-state index contributed by atoms with van der Waals surface area (Å²) in [7, 11) is 1.67. The van der Waals surface area contributed by atoms with E-state index in [1.165, 1.54) is 0 Å². The molecule has 5 heteroatoms. The maximum absolute atomic E-state index is 5.37. The van der Waals surface area contributed by atoms with Crippen molar-refractivity contribution in [2.45, 2.75) is 26.2 Å². The van der Waals surface area contributed by atoms with Crippen LogP contribution in [0.15, 0.2) is 23.3 Å². The van der Waals surface area contributed by atoms with Gasteiger partial charge in [0, 0.05) is 5.56 Å². The Morgan fingerprint density at radius 1 is 1.44 bits per heavy atom. The van der Waals surface area contributed by atoms with Gasteiger partial charge in [-0.05, 0) is 41.4 Å². The summed E-state index contributed by atoms with van der Waals surface area (Å²) in [6.45, 7) is 6.41. The second-order valence-electron chi connectivity index (χ2n) is 4.94. The molecule has 0 aliphatic carbocycles. The Morgan fingerprint density at radius 3 is 2.61 bits per heavy atom. The minimum atomic E-state index is 0.00574. The van der Waals surface area contributed by atoms with E-state index in [4.69, 9.17) is 10.5 Å². The molecule has 0 radical (unpaired) electrons. The van der Waals surface area contributed by atoms with Crippen molar-refractivity contribution in [1.29, 1.82) is 0 Å². The molecule has 0 atom stereocenters. The summed E-state index contributed by atoms with van der Waals surface area (Å²) in [5, 5.41) is 4.09. The number of nitrogens with one attached hydrogen (secondary N) is 1. The molecule has 1 rings (SSSR count). The van der Waals surface area contributed by atoms with Gasteiger partial charge in [-0.1, -0.05) is 20.8 Å². The molecule has 0 unspecified atom stereocenters. The van der Waals surface area contributed by atoms with Crippen molar-refractivity contribution in [3.8, 4) is 5.75 Å². The molecule has 0 heterocycles. The van der Waals surface area contributed by atoms with Crippen molar-refractivity contribution in [3.63, 3.8) is 0 Å². The summed E-state index contributed by atoms with van der Waals surface area (Å²) >= 11 is 4.67. The largest absolute Gasteiger partial charge is 0.496 e. The molecule has 0 bridgehead atoms. The van der Waals surface area contributed by atoms with Crippen molar-refractivity contribution in [1.82, 2.24) is 5.43 Å². The fraction of sp³-hybridized carbons (Fsp3) is 0.385. The normalized spacial score (nSPS) is 11.6. The third-order valence-corrected chi connectivity index (χ3v) is 2.51. The second-order valence-corrected chi connectivity index (χ2v) is 5.38. The highest BCUT2D eigenvalue weighted by molar-refractivity contribution is 7.80. The molecule has 1 aromatic rings. The van der Waals surface area contributed by atoms with E-state index in [2.05, 4.69) is 43.5 Å². The van der Waals surface area contributed by atoms with Crippen molar-refractivity contribution in [2.75, 3.05) is 7.11 Å². The highest BCUT2D eigenvalue weighted by atomic mass is 32.1. The molecule has 0 saturated carbocycles. The minimum Gasteiger partial charge on any atom is -0.496 e. The second kappa shape index (κ2) is 5.82. The molecule has 4 nitrogen and oxygen atoms in total. The van der Waals surface area contributed by atoms with Crippen molar-refractivity contribution in [2.24, 2.45) is 10.8 Å². The lowest BCUT2D eigenvalue weighted by Crippen LogP contribution is -2.24. The van der Waals surface area contributed by atoms with E-state index >= 15 is 0 Å². The molecule has 0 aliphatic rings. The SMILES string of the molecule is COc1ccc(/C=N\NC(N)=S)cc1C(C)(C)C. The predicted octanol–water partition coefficient (Wildman–Crippen LogP) is 2.16. The standard InChI is InChI=1S/C13H19N3OS/c1-13(2,3)10-7-9(5-6-11(10)17-4)8-15-16-12(14)18/h5-8H,1-4H3,(H3,14,16,18)/b15-8-. The lowest BCUT2D eigenvalue weighted by molar-refractivity contribution is 0.397. The van der Waals surface area contributed by atoms with E-state index in [0.29, 0.717) is 0 Å². The zero-order valence-corrected chi connectivity index (χ0v) is 12.0. The fourth-order valence-electron chi connectivity index (χ4n) is 1.56. The van der Waals surface area contributed by atoms with E-state index in [-0.39, 0.29) is 10.5 Å². The average Bonchev–Trinajstić information content (AvgIpc) is 2.27. The Hall–Kier alpha value is -1.62. The molecule has 0 aliphatic heterocycles. The number of methoxy groups -OCH3 is 1. The first-order chi connectivity index (χ1) is 8.34. The van der Waals surface area contributed by atoms with Crippen LogP contribution in [0.1, 0.15) is 31.9 Å². The average molecular weight is 265 g/mol. The Balaban J connectivity index is 3.03. The summed E-state index contributed by atoms with van der Waals surface area (Å²) in [6, 6.07) is 5.91. The van der Waals surface area contributed by atoms with Crippen LogP contribution in [-0.2, 0) is 5.41 Å². The van der Waals surface area contributed by atoms with Gasteiger partial charge in [0.05, 0.1) is 13.3 Å². The van der Waals surface area contributed by atoms with Gasteiger partial charge in [0.2, 0.25) is 0 Å². The number of hydrogen-bond donors (Lipinski definition) is 2. The summed E-state index contributed by atoms with van der Waals surface area (Å²) in [6.07, 6.45) is 1.67. The highest BCUT2D eigenvalue weighted by Gasteiger charge is 2.18. The van der Waals surface area contributed by atoms with Gasteiger partial charge in [-0.2, -0.15) is 5.10 Å². The van der Waals surface area contributed by atoms with Crippen LogP contribution in [0.3, 0.4) is 0 Å². The summed E-state index contributed by atoms with van der Waals surface area (Å²) in [4.78, 5) is 0. The number of rotatable bonds is 3. The minimum absolute atomic E-state index is 0.00574. The van der Waals surface area contributed by atoms with Gasteiger partial charge in [0.1, 0.15) is 5.75 Å². The van der Waals surface area contributed by atoms with Gasteiger partial charge in [-0.15, -0.1) is 0 Å². The maximum atomic E-state index is 5.37. The van der Waals surface area contributed by atoms with Gasteiger partial charge in [-0.3, -0.25) is 5.43 Å². The molecule has 1 aromatic carbocycles. The van der Waals surface area contributed by atoms with Crippen LogP contribution in [0.4, 0.5) is 0 Å². The van der Waals surface area contributed by atoms with Gasteiger partial charge >= 0.3 is 0 Å². The van der Waals surface area contributed by atoms with Gasteiger partial charge < -0.3 is 10.5 Å². The molecule has 3 N–H and O–H groups in total. The van der Waals surface area contributed by atoms with Crippen LogP contribution < -0.4 is 15.9 Å². The molecule has 0 amide bonds. The number of thiocarbonyl (C=S) groups is 1. The van der Waals surface area contributed by atoms with Crippen molar-refractivity contribution in [3.05, 3.63) is 29.3 Å². The van der Waals surface area contributed by atoms with Crippen LogP contribution in [0, 0.1) is 0 Å². The van der Waals surface area contributed by atoms with Crippen LogP contribution in [0.2, 0.25) is 0 Å². The first-order valence-corrected chi connectivity index (χ1v) is 6.02. The third-order valence-electron chi connectivity index (χ3n) is 2.42. The zero-order chi connectivity index (χ0) is 13.8. The maximum Gasteiger partial charge on any atom is 0.184 e. The van der Waals surface area contributed by atoms with Gasteiger partial charge in [0.15, 0.2) is 5.11 Å². The Bertz CT molecular complexity index is 464. The fourth-order valence-corrected chi connectivity index (χ4v) is 1.62. The van der Waals surface area contributed by atoms with E-state index in [0.717, 1.165) is 16.9 Å². The first-order valence-electron chi connectivity index (χ1n) is 5.61. The van der Waals surface area contributed by atoms with Crippen molar-refractivity contribution < 1.29 is 4.74 Å². The molecule has 98 valence electrons. The zero-order valence-electron chi connectivity index (χ0n) is 11.2. The number of nitrogens with zero attached hydrogens (tertiary/aromatic N) is 1. The topological polar surface area (TPSA) is 59.6 Å². The summed E-state index contributed by atoms with van der Waals surface area (Å²) in [5.41, 5.74) is 9.91.